The van der Waals surface area contributed by atoms with Crippen molar-refractivity contribution in [2.45, 2.75) is 26.1 Å². The lowest BCUT2D eigenvalue weighted by Crippen LogP contribution is -2.29. The molecule has 0 unspecified atom stereocenters. The predicted molar refractivity (Wildman–Crippen MR) is 94.8 cm³/mol. The number of rotatable bonds is 3. The van der Waals surface area contributed by atoms with Crippen molar-refractivity contribution in [3.8, 4) is 11.3 Å². The normalized spacial score (nSPS) is 11.8. The van der Waals surface area contributed by atoms with Gasteiger partial charge in [0, 0.05) is 28.8 Å². The molecule has 0 fully saturated rings. The van der Waals surface area contributed by atoms with Crippen molar-refractivity contribution in [2.24, 2.45) is 0 Å². The number of benzene rings is 2. The highest BCUT2D eigenvalue weighted by atomic mass is 19.4. The fourth-order valence-electron chi connectivity index (χ4n) is 2.71. The Morgan fingerprint density at radius 2 is 1.73 bits per heavy atom. The van der Waals surface area contributed by atoms with Crippen molar-refractivity contribution in [3.63, 3.8) is 0 Å². The summed E-state index contributed by atoms with van der Waals surface area (Å²) in [5.41, 5.74) is 0.986. The fourth-order valence-corrected chi connectivity index (χ4v) is 2.71. The molecule has 0 aliphatic rings. The van der Waals surface area contributed by atoms with Crippen molar-refractivity contribution in [1.82, 2.24) is 10.3 Å². The topological polar surface area (TPSA) is 42.0 Å². The van der Waals surface area contributed by atoms with Crippen LogP contribution in [0.2, 0.25) is 0 Å². The van der Waals surface area contributed by atoms with Crippen LogP contribution in [0.3, 0.4) is 0 Å². The second-order valence-corrected chi connectivity index (χ2v) is 6.30. The van der Waals surface area contributed by atoms with Gasteiger partial charge in [0.15, 0.2) is 0 Å². The van der Waals surface area contributed by atoms with Gasteiger partial charge in [-0.15, -0.1) is 0 Å². The first kappa shape index (κ1) is 17.9. The van der Waals surface area contributed by atoms with E-state index in [2.05, 4.69) is 10.3 Å². The zero-order chi connectivity index (χ0) is 18.9. The Bertz CT molecular complexity index is 947. The molecular weight excluding hydrogens is 341 g/mol. The molecule has 0 aliphatic carbocycles. The molecule has 26 heavy (non-hydrogen) atoms. The number of hydrogen-bond acceptors (Lipinski definition) is 2. The van der Waals surface area contributed by atoms with Crippen LogP contribution in [0.5, 0.6) is 0 Å². The van der Waals surface area contributed by atoms with Gasteiger partial charge in [0.25, 0.3) is 5.91 Å². The van der Waals surface area contributed by atoms with Gasteiger partial charge in [-0.2, -0.15) is 13.2 Å². The minimum absolute atomic E-state index is 0.0262. The maximum absolute atomic E-state index is 12.7. The standard InChI is InChI=1S/C20H17F3N2O/c1-12(2)25-19(26)15-5-8-17-14(11-15)9-10-24-18(17)13-3-6-16(7-4-13)20(21,22)23/h3-12H,1-2H3,(H,25,26). The Morgan fingerprint density at radius 3 is 2.35 bits per heavy atom. The summed E-state index contributed by atoms with van der Waals surface area (Å²) < 4.78 is 38.2. The molecule has 3 aromatic rings. The number of pyridine rings is 1. The number of amides is 1. The Balaban J connectivity index is 2.01. The molecule has 3 rings (SSSR count). The number of fused-ring (bicyclic) bond motifs is 1. The van der Waals surface area contributed by atoms with Gasteiger partial charge >= 0.3 is 6.18 Å². The zero-order valence-corrected chi connectivity index (χ0v) is 14.3. The van der Waals surface area contributed by atoms with Crippen molar-refractivity contribution in [2.75, 3.05) is 0 Å². The molecule has 0 saturated carbocycles. The Morgan fingerprint density at radius 1 is 1.04 bits per heavy atom. The van der Waals surface area contributed by atoms with Crippen LogP contribution in [0.25, 0.3) is 22.0 Å². The fraction of sp³-hybridized carbons (Fsp3) is 0.200. The molecule has 6 heteroatoms. The Kier molecular flexibility index (Phi) is 4.68. The minimum Gasteiger partial charge on any atom is -0.350 e. The van der Waals surface area contributed by atoms with E-state index in [4.69, 9.17) is 0 Å². The second kappa shape index (κ2) is 6.78. The highest BCUT2D eigenvalue weighted by molar-refractivity contribution is 6.01. The maximum atomic E-state index is 12.7. The smallest absolute Gasteiger partial charge is 0.350 e. The van der Waals surface area contributed by atoms with E-state index in [1.54, 1.807) is 30.5 Å². The first-order valence-corrected chi connectivity index (χ1v) is 8.13. The molecule has 0 bridgehead atoms. The highest BCUT2D eigenvalue weighted by Crippen LogP contribution is 2.32. The molecule has 0 radical (unpaired) electrons. The monoisotopic (exact) mass is 358 g/mol. The quantitative estimate of drug-likeness (QED) is 0.711. The van der Waals surface area contributed by atoms with Gasteiger partial charge in [-0.25, -0.2) is 0 Å². The summed E-state index contributed by atoms with van der Waals surface area (Å²) in [5.74, 6) is -0.171. The van der Waals surface area contributed by atoms with Gasteiger partial charge < -0.3 is 5.32 Å². The van der Waals surface area contributed by atoms with Crippen LogP contribution < -0.4 is 5.32 Å². The van der Waals surface area contributed by atoms with Crippen molar-refractivity contribution >= 4 is 16.7 Å². The van der Waals surface area contributed by atoms with E-state index in [-0.39, 0.29) is 11.9 Å². The van der Waals surface area contributed by atoms with Gasteiger partial charge in [-0.05, 0) is 49.6 Å². The average molecular weight is 358 g/mol. The SMILES string of the molecule is CC(C)NC(=O)c1ccc2c(-c3ccc(C(F)(F)F)cc3)nccc2c1. The van der Waals surface area contributed by atoms with E-state index in [0.29, 0.717) is 16.8 Å². The molecule has 0 saturated heterocycles. The molecule has 1 amide bonds. The second-order valence-electron chi connectivity index (χ2n) is 6.30. The molecule has 134 valence electrons. The number of halogens is 3. The number of carbonyl (C=O) groups excluding carboxylic acids is 1. The molecule has 0 atom stereocenters. The van der Waals surface area contributed by atoms with Gasteiger partial charge in [0.1, 0.15) is 0 Å². The van der Waals surface area contributed by atoms with Crippen LogP contribution in [-0.2, 0) is 6.18 Å². The molecule has 1 aromatic heterocycles. The van der Waals surface area contributed by atoms with Crippen molar-refractivity contribution < 1.29 is 18.0 Å². The third-order valence-electron chi connectivity index (χ3n) is 3.93. The third kappa shape index (κ3) is 3.69. The van der Waals surface area contributed by atoms with Gasteiger partial charge in [0.2, 0.25) is 0 Å². The first-order valence-electron chi connectivity index (χ1n) is 8.13. The number of carbonyl (C=O) groups is 1. The molecule has 1 heterocycles. The van der Waals surface area contributed by atoms with E-state index in [1.165, 1.54) is 12.1 Å². The summed E-state index contributed by atoms with van der Waals surface area (Å²) in [4.78, 5) is 16.5. The zero-order valence-electron chi connectivity index (χ0n) is 14.3. The van der Waals surface area contributed by atoms with E-state index < -0.39 is 11.7 Å². The number of alkyl halides is 3. The molecule has 0 aliphatic heterocycles. The number of nitrogens with one attached hydrogen (secondary N) is 1. The molecule has 1 N–H and O–H groups in total. The average Bonchev–Trinajstić information content (AvgIpc) is 2.59. The minimum atomic E-state index is -4.37. The van der Waals surface area contributed by atoms with Gasteiger partial charge in [-0.3, -0.25) is 9.78 Å². The maximum Gasteiger partial charge on any atom is 0.416 e. The largest absolute Gasteiger partial charge is 0.416 e. The summed E-state index contributed by atoms with van der Waals surface area (Å²) >= 11 is 0. The number of nitrogens with zero attached hydrogens (tertiary/aromatic N) is 1. The molecular formula is C20H17F3N2O. The summed E-state index contributed by atoms with van der Waals surface area (Å²) in [6.45, 7) is 3.76. The third-order valence-corrected chi connectivity index (χ3v) is 3.93. The lowest BCUT2D eigenvalue weighted by molar-refractivity contribution is -0.137. The van der Waals surface area contributed by atoms with Crippen LogP contribution >= 0.6 is 0 Å². The molecule has 2 aromatic carbocycles. The van der Waals surface area contributed by atoms with Gasteiger partial charge in [0.05, 0.1) is 11.3 Å². The van der Waals surface area contributed by atoms with E-state index >= 15 is 0 Å². The molecule has 3 nitrogen and oxygen atoms in total. The lowest BCUT2D eigenvalue weighted by atomic mass is 10.0. The Labute approximate surface area is 148 Å². The summed E-state index contributed by atoms with van der Waals surface area (Å²) in [6, 6.07) is 11.9. The first-order chi connectivity index (χ1) is 12.3. The van der Waals surface area contributed by atoms with Gasteiger partial charge in [-0.1, -0.05) is 18.2 Å². The summed E-state index contributed by atoms with van der Waals surface area (Å²) in [5, 5.41) is 4.40. The number of aromatic nitrogens is 1. The summed E-state index contributed by atoms with van der Waals surface area (Å²) in [7, 11) is 0. The van der Waals surface area contributed by atoms with Crippen LogP contribution in [-0.4, -0.2) is 16.9 Å². The van der Waals surface area contributed by atoms with E-state index in [1.807, 2.05) is 13.8 Å². The molecule has 0 spiro atoms. The van der Waals surface area contributed by atoms with Crippen molar-refractivity contribution in [1.29, 1.82) is 0 Å². The number of hydrogen-bond donors (Lipinski definition) is 1. The highest BCUT2D eigenvalue weighted by Gasteiger charge is 2.30. The van der Waals surface area contributed by atoms with E-state index in [0.717, 1.165) is 22.9 Å². The van der Waals surface area contributed by atoms with Crippen LogP contribution in [0, 0.1) is 0 Å². The Hall–Kier alpha value is -2.89. The van der Waals surface area contributed by atoms with Crippen LogP contribution in [0.4, 0.5) is 13.2 Å². The summed E-state index contributed by atoms with van der Waals surface area (Å²) in [6.07, 6.45) is -2.79. The lowest BCUT2D eigenvalue weighted by Gasteiger charge is -2.11. The van der Waals surface area contributed by atoms with Crippen LogP contribution in [0.1, 0.15) is 29.8 Å². The van der Waals surface area contributed by atoms with E-state index in [9.17, 15) is 18.0 Å². The van der Waals surface area contributed by atoms with Crippen LogP contribution in [0.15, 0.2) is 54.7 Å². The predicted octanol–water partition coefficient (Wildman–Crippen LogP) is 5.06. The van der Waals surface area contributed by atoms with Crippen molar-refractivity contribution in [3.05, 3.63) is 65.9 Å².